The van der Waals surface area contributed by atoms with Crippen molar-refractivity contribution >= 4 is 0 Å². The van der Waals surface area contributed by atoms with Crippen molar-refractivity contribution in [2.75, 3.05) is 0 Å². The molecule has 2 aromatic rings. The number of benzene rings is 2. The molecule has 0 aliphatic rings. The number of hydrogen-bond acceptors (Lipinski definition) is 1. The Morgan fingerprint density at radius 2 is 1.09 bits per heavy atom. The molecular formula is C15H10F6O. The molecule has 118 valence electrons. The lowest BCUT2D eigenvalue weighted by atomic mass is 9.86. The van der Waals surface area contributed by atoms with Crippen LogP contribution in [0.4, 0.5) is 26.3 Å². The first-order chi connectivity index (χ1) is 10.1. The van der Waals surface area contributed by atoms with E-state index in [9.17, 15) is 31.4 Å². The molecule has 0 unspecified atom stereocenters. The first kappa shape index (κ1) is 16.4. The van der Waals surface area contributed by atoms with Crippen molar-refractivity contribution in [2.45, 2.75) is 18.0 Å². The highest BCUT2D eigenvalue weighted by Gasteiger charge is 2.71. The lowest BCUT2D eigenvalue weighted by Gasteiger charge is -2.34. The first-order valence-electron chi connectivity index (χ1n) is 6.10. The maximum atomic E-state index is 13.0. The van der Waals surface area contributed by atoms with E-state index in [0.717, 1.165) is 12.1 Å². The van der Waals surface area contributed by atoms with Gasteiger partial charge in [-0.15, -0.1) is 0 Å². The van der Waals surface area contributed by atoms with E-state index in [1.807, 2.05) is 0 Å². The summed E-state index contributed by atoms with van der Waals surface area (Å²) >= 11 is 0. The molecule has 2 rings (SSSR count). The Kier molecular flexibility index (Phi) is 3.95. The highest BCUT2D eigenvalue weighted by Crippen LogP contribution is 2.52. The predicted octanol–water partition coefficient (Wildman–Crippen LogP) is 4.67. The van der Waals surface area contributed by atoms with E-state index in [-0.39, 0.29) is 11.1 Å². The van der Waals surface area contributed by atoms with Crippen molar-refractivity contribution in [3.05, 3.63) is 60.2 Å². The first-order valence-corrected chi connectivity index (χ1v) is 6.10. The van der Waals surface area contributed by atoms with E-state index >= 15 is 0 Å². The van der Waals surface area contributed by atoms with E-state index in [2.05, 4.69) is 0 Å². The van der Waals surface area contributed by atoms with Gasteiger partial charge in [-0.3, -0.25) is 0 Å². The second kappa shape index (κ2) is 5.31. The van der Waals surface area contributed by atoms with Crippen molar-refractivity contribution in [3.8, 4) is 11.1 Å². The van der Waals surface area contributed by atoms with Gasteiger partial charge in [0.25, 0.3) is 5.60 Å². The predicted molar refractivity (Wildman–Crippen MR) is 67.9 cm³/mol. The molecule has 7 heteroatoms. The van der Waals surface area contributed by atoms with Gasteiger partial charge in [-0.25, -0.2) is 0 Å². The molecule has 0 spiro atoms. The van der Waals surface area contributed by atoms with Crippen LogP contribution < -0.4 is 0 Å². The van der Waals surface area contributed by atoms with Crippen LogP contribution in [0.1, 0.15) is 5.56 Å². The zero-order chi connectivity index (χ0) is 16.6. The number of alkyl halides is 6. The van der Waals surface area contributed by atoms with Crippen LogP contribution in [0.15, 0.2) is 54.6 Å². The molecule has 0 aliphatic carbocycles. The van der Waals surface area contributed by atoms with Crippen LogP contribution in [-0.2, 0) is 5.60 Å². The monoisotopic (exact) mass is 320 g/mol. The SMILES string of the molecule is OC(c1ccccc1-c1ccccc1)(C(F)(F)F)C(F)(F)F. The summed E-state index contributed by atoms with van der Waals surface area (Å²) in [4.78, 5) is 0. The maximum absolute atomic E-state index is 13.0. The van der Waals surface area contributed by atoms with Gasteiger partial charge in [0.15, 0.2) is 0 Å². The number of rotatable bonds is 2. The molecule has 1 N–H and O–H groups in total. The summed E-state index contributed by atoms with van der Waals surface area (Å²) in [7, 11) is 0. The van der Waals surface area contributed by atoms with E-state index in [1.54, 1.807) is 6.07 Å². The van der Waals surface area contributed by atoms with Gasteiger partial charge in [0.1, 0.15) is 0 Å². The lowest BCUT2D eigenvalue weighted by Crippen LogP contribution is -2.54. The fourth-order valence-electron chi connectivity index (χ4n) is 2.13. The van der Waals surface area contributed by atoms with Crippen LogP contribution in [0.2, 0.25) is 0 Å². The molecule has 22 heavy (non-hydrogen) atoms. The van der Waals surface area contributed by atoms with Gasteiger partial charge in [0, 0.05) is 5.56 Å². The van der Waals surface area contributed by atoms with E-state index in [1.165, 1.54) is 30.3 Å². The minimum atomic E-state index is -5.91. The largest absolute Gasteiger partial charge is 0.430 e. The zero-order valence-corrected chi connectivity index (χ0v) is 10.9. The third kappa shape index (κ3) is 2.56. The van der Waals surface area contributed by atoms with Gasteiger partial charge >= 0.3 is 12.4 Å². The smallest absolute Gasteiger partial charge is 0.369 e. The zero-order valence-electron chi connectivity index (χ0n) is 10.9. The van der Waals surface area contributed by atoms with Crippen LogP contribution in [0.5, 0.6) is 0 Å². The minimum Gasteiger partial charge on any atom is -0.369 e. The average Bonchev–Trinajstić information content (AvgIpc) is 2.45. The Labute approximate surface area is 121 Å². The lowest BCUT2D eigenvalue weighted by molar-refractivity contribution is -0.376. The van der Waals surface area contributed by atoms with Crippen LogP contribution in [0, 0.1) is 0 Å². The number of halogens is 6. The van der Waals surface area contributed by atoms with Crippen LogP contribution >= 0.6 is 0 Å². The Morgan fingerprint density at radius 3 is 1.59 bits per heavy atom. The van der Waals surface area contributed by atoms with Crippen molar-refractivity contribution in [1.82, 2.24) is 0 Å². The van der Waals surface area contributed by atoms with E-state index in [4.69, 9.17) is 0 Å². The fraction of sp³-hybridized carbons (Fsp3) is 0.200. The summed E-state index contributed by atoms with van der Waals surface area (Å²) in [5.74, 6) is 0. The second-order valence-corrected chi connectivity index (χ2v) is 4.62. The van der Waals surface area contributed by atoms with Crippen molar-refractivity contribution in [1.29, 1.82) is 0 Å². The Balaban J connectivity index is 2.76. The molecule has 0 atom stereocenters. The van der Waals surface area contributed by atoms with Crippen LogP contribution in [-0.4, -0.2) is 17.5 Å². The quantitative estimate of drug-likeness (QED) is 0.798. The molecule has 0 saturated heterocycles. The second-order valence-electron chi connectivity index (χ2n) is 4.62. The minimum absolute atomic E-state index is 0.144. The molecule has 0 saturated carbocycles. The van der Waals surface area contributed by atoms with E-state index < -0.39 is 23.5 Å². The topological polar surface area (TPSA) is 20.2 Å². The van der Waals surface area contributed by atoms with Crippen LogP contribution in [0.3, 0.4) is 0 Å². The van der Waals surface area contributed by atoms with Gasteiger partial charge in [-0.05, 0) is 11.1 Å². The van der Waals surface area contributed by atoms with Gasteiger partial charge in [0.2, 0.25) is 0 Å². The average molecular weight is 320 g/mol. The highest BCUT2D eigenvalue weighted by molar-refractivity contribution is 5.68. The van der Waals surface area contributed by atoms with Gasteiger partial charge < -0.3 is 5.11 Å². The summed E-state index contributed by atoms with van der Waals surface area (Å²) in [6.07, 6.45) is -11.8. The van der Waals surface area contributed by atoms with Crippen LogP contribution in [0.25, 0.3) is 11.1 Å². The summed E-state index contributed by atoms with van der Waals surface area (Å²) in [5, 5.41) is 9.55. The van der Waals surface area contributed by atoms with Gasteiger partial charge in [-0.1, -0.05) is 54.6 Å². The van der Waals surface area contributed by atoms with Crippen molar-refractivity contribution in [3.63, 3.8) is 0 Å². The normalized spacial score (nSPS) is 13.2. The van der Waals surface area contributed by atoms with E-state index in [0.29, 0.717) is 6.07 Å². The highest BCUT2D eigenvalue weighted by atomic mass is 19.4. The molecule has 0 aliphatic heterocycles. The maximum Gasteiger partial charge on any atom is 0.430 e. The third-order valence-corrected chi connectivity index (χ3v) is 3.22. The molecule has 0 heterocycles. The fourth-order valence-corrected chi connectivity index (χ4v) is 2.13. The van der Waals surface area contributed by atoms with Gasteiger partial charge in [-0.2, -0.15) is 26.3 Å². The molecule has 0 fully saturated rings. The number of aliphatic hydroxyl groups is 1. The Morgan fingerprint density at radius 1 is 0.636 bits per heavy atom. The van der Waals surface area contributed by atoms with Crippen molar-refractivity contribution < 1.29 is 31.4 Å². The summed E-state index contributed by atoms with van der Waals surface area (Å²) < 4.78 is 78.1. The summed E-state index contributed by atoms with van der Waals surface area (Å²) in [5.41, 5.74) is -6.38. The summed E-state index contributed by atoms with van der Waals surface area (Å²) in [6, 6.07) is 11.3. The summed E-state index contributed by atoms with van der Waals surface area (Å²) in [6.45, 7) is 0. The molecule has 2 aromatic carbocycles. The Hall–Kier alpha value is -2.02. The molecule has 0 aromatic heterocycles. The molecule has 0 amide bonds. The molecular weight excluding hydrogens is 310 g/mol. The molecule has 0 bridgehead atoms. The third-order valence-electron chi connectivity index (χ3n) is 3.22. The number of hydrogen-bond donors (Lipinski definition) is 1. The molecule has 0 radical (unpaired) electrons. The Bertz CT molecular complexity index is 631. The molecule has 1 nitrogen and oxygen atoms in total. The van der Waals surface area contributed by atoms with Crippen molar-refractivity contribution in [2.24, 2.45) is 0 Å². The van der Waals surface area contributed by atoms with Gasteiger partial charge in [0.05, 0.1) is 0 Å². The standard InChI is InChI=1S/C15H10F6O/c16-14(17,18)13(22,15(19,20)21)12-9-5-4-8-11(12)10-6-2-1-3-7-10/h1-9,22H.